The second-order valence-corrected chi connectivity index (χ2v) is 8.13. The maximum absolute atomic E-state index is 12.6. The fourth-order valence-electron chi connectivity index (χ4n) is 2.03. The predicted octanol–water partition coefficient (Wildman–Crippen LogP) is 2.59. The van der Waals surface area contributed by atoms with Crippen LogP contribution in [0.2, 0.25) is 0 Å². The number of thiophene rings is 1. The van der Waals surface area contributed by atoms with Crippen LogP contribution in [0, 0.1) is 6.92 Å². The summed E-state index contributed by atoms with van der Waals surface area (Å²) in [5.41, 5.74) is 0. The Kier molecular flexibility index (Phi) is 5.98. The molecule has 6 heteroatoms. The molecule has 0 aromatic carbocycles. The van der Waals surface area contributed by atoms with Crippen LogP contribution in [0.15, 0.2) is 11.0 Å². The third-order valence-electron chi connectivity index (χ3n) is 3.26. The molecule has 0 bridgehead atoms. The lowest BCUT2D eigenvalue weighted by atomic mass is 10.2. The Morgan fingerprint density at radius 2 is 2.11 bits per heavy atom. The van der Waals surface area contributed by atoms with Gasteiger partial charge in [-0.15, -0.1) is 11.3 Å². The van der Waals surface area contributed by atoms with Gasteiger partial charge < -0.3 is 5.32 Å². The van der Waals surface area contributed by atoms with Gasteiger partial charge in [0.25, 0.3) is 0 Å². The normalized spacial score (nSPS) is 14.0. The average Bonchev–Trinajstić information content (AvgIpc) is 2.70. The predicted molar refractivity (Wildman–Crippen MR) is 81.1 cm³/mol. The fraction of sp³-hybridized carbons (Fsp3) is 0.692. The van der Waals surface area contributed by atoms with Gasteiger partial charge in [-0.25, -0.2) is 8.42 Å². The van der Waals surface area contributed by atoms with Gasteiger partial charge in [0.15, 0.2) is 0 Å². The highest BCUT2D eigenvalue weighted by Gasteiger charge is 2.27. The van der Waals surface area contributed by atoms with E-state index in [1.807, 2.05) is 20.9 Å². The van der Waals surface area contributed by atoms with Gasteiger partial charge in [-0.2, -0.15) is 4.31 Å². The van der Waals surface area contributed by atoms with Crippen LogP contribution in [0.25, 0.3) is 0 Å². The minimum atomic E-state index is -3.37. The molecule has 0 saturated carbocycles. The summed E-state index contributed by atoms with van der Waals surface area (Å²) in [5.74, 6) is 0. The van der Waals surface area contributed by atoms with Crippen molar-refractivity contribution in [3.63, 3.8) is 0 Å². The van der Waals surface area contributed by atoms with E-state index in [0.29, 0.717) is 11.4 Å². The van der Waals surface area contributed by atoms with Crippen molar-refractivity contribution in [1.29, 1.82) is 0 Å². The van der Waals surface area contributed by atoms with Gasteiger partial charge in [0.1, 0.15) is 0 Å². The van der Waals surface area contributed by atoms with Crippen molar-refractivity contribution in [2.24, 2.45) is 0 Å². The van der Waals surface area contributed by atoms with Gasteiger partial charge >= 0.3 is 0 Å². The first-order valence-electron chi connectivity index (χ1n) is 6.56. The molecule has 1 unspecified atom stereocenters. The number of sulfonamides is 1. The number of hydrogen-bond acceptors (Lipinski definition) is 4. The lowest BCUT2D eigenvalue weighted by Crippen LogP contribution is -2.35. The van der Waals surface area contributed by atoms with E-state index in [-0.39, 0.29) is 6.04 Å². The highest BCUT2D eigenvalue weighted by atomic mass is 32.2. The number of nitrogens with zero attached hydrogens (tertiary/aromatic N) is 1. The van der Waals surface area contributed by atoms with Gasteiger partial charge in [-0.3, -0.25) is 0 Å². The summed E-state index contributed by atoms with van der Waals surface area (Å²) in [4.78, 5) is 2.36. The van der Waals surface area contributed by atoms with Crippen molar-refractivity contribution in [3.05, 3.63) is 15.8 Å². The van der Waals surface area contributed by atoms with Crippen LogP contribution in [0.4, 0.5) is 0 Å². The van der Waals surface area contributed by atoms with Crippen LogP contribution in [0.3, 0.4) is 0 Å². The highest BCUT2D eigenvalue weighted by molar-refractivity contribution is 7.89. The third kappa shape index (κ3) is 3.78. The van der Waals surface area contributed by atoms with Crippen molar-refractivity contribution in [2.45, 2.75) is 51.1 Å². The van der Waals surface area contributed by atoms with Gasteiger partial charge in [-0.05, 0) is 33.4 Å². The first kappa shape index (κ1) is 16.6. The third-order valence-corrected chi connectivity index (χ3v) is 6.54. The van der Waals surface area contributed by atoms with Crippen molar-refractivity contribution >= 4 is 21.4 Å². The molecule has 0 radical (unpaired) electrons. The summed E-state index contributed by atoms with van der Waals surface area (Å²) in [6.45, 7) is 6.60. The maximum atomic E-state index is 12.6. The number of hydrogen-bond donors (Lipinski definition) is 1. The molecule has 110 valence electrons. The van der Waals surface area contributed by atoms with Crippen LogP contribution in [-0.4, -0.2) is 32.9 Å². The highest BCUT2D eigenvalue weighted by Crippen LogP contribution is 2.29. The zero-order chi connectivity index (χ0) is 14.6. The first-order chi connectivity index (χ1) is 8.84. The Morgan fingerprint density at radius 3 is 2.63 bits per heavy atom. The quantitative estimate of drug-likeness (QED) is 0.842. The molecule has 4 nitrogen and oxygen atoms in total. The minimum Gasteiger partial charge on any atom is -0.315 e. The second kappa shape index (κ2) is 6.83. The lowest BCUT2D eigenvalue weighted by Gasteiger charge is -2.23. The number of aryl methyl sites for hydroxylation is 1. The standard InChI is InChI=1S/C13H24N2O2S2/c1-6-7-10(2)15(5)19(16,17)13-8-12(9-14-4)18-11(13)3/h8,10,14H,6-7,9H2,1-5H3. The molecule has 19 heavy (non-hydrogen) atoms. The number of nitrogens with one attached hydrogen (secondary N) is 1. The monoisotopic (exact) mass is 304 g/mol. The Bertz CT molecular complexity index is 509. The summed E-state index contributed by atoms with van der Waals surface area (Å²) in [7, 11) is 0.158. The molecule has 1 heterocycles. The van der Waals surface area contributed by atoms with E-state index in [1.165, 1.54) is 15.6 Å². The van der Waals surface area contributed by atoms with Gasteiger partial charge in [0, 0.05) is 29.4 Å². The summed E-state index contributed by atoms with van der Waals surface area (Å²) < 4.78 is 26.7. The van der Waals surface area contributed by atoms with Crippen LogP contribution in [-0.2, 0) is 16.6 Å². The molecular weight excluding hydrogens is 280 g/mol. The van der Waals surface area contributed by atoms with Gasteiger partial charge in [0.05, 0.1) is 4.90 Å². The molecule has 0 saturated heterocycles. The van der Waals surface area contributed by atoms with E-state index in [0.717, 1.165) is 22.6 Å². The molecule has 0 aliphatic rings. The van der Waals surface area contributed by atoms with Gasteiger partial charge in [-0.1, -0.05) is 13.3 Å². The van der Waals surface area contributed by atoms with Crippen molar-refractivity contribution in [2.75, 3.05) is 14.1 Å². The lowest BCUT2D eigenvalue weighted by molar-refractivity contribution is 0.368. The Morgan fingerprint density at radius 1 is 1.47 bits per heavy atom. The van der Waals surface area contributed by atoms with E-state index >= 15 is 0 Å². The Hall–Kier alpha value is -0.430. The van der Waals surface area contributed by atoms with Crippen LogP contribution >= 0.6 is 11.3 Å². The first-order valence-corrected chi connectivity index (χ1v) is 8.82. The summed E-state index contributed by atoms with van der Waals surface area (Å²) in [6.07, 6.45) is 1.86. The zero-order valence-corrected chi connectivity index (χ0v) is 14.0. The van der Waals surface area contributed by atoms with E-state index in [4.69, 9.17) is 0 Å². The maximum Gasteiger partial charge on any atom is 0.244 e. The average molecular weight is 304 g/mol. The molecular formula is C13H24N2O2S2. The molecule has 1 rings (SSSR count). The zero-order valence-electron chi connectivity index (χ0n) is 12.4. The molecule has 1 aromatic heterocycles. The number of rotatable bonds is 7. The van der Waals surface area contributed by atoms with Crippen molar-refractivity contribution in [3.8, 4) is 0 Å². The Balaban J connectivity index is 3.05. The summed E-state index contributed by atoms with van der Waals surface area (Å²) in [6, 6.07) is 1.82. The molecule has 0 aliphatic carbocycles. The van der Waals surface area contributed by atoms with Crippen LogP contribution in [0.1, 0.15) is 36.4 Å². The largest absolute Gasteiger partial charge is 0.315 e. The van der Waals surface area contributed by atoms with E-state index < -0.39 is 10.0 Å². The molecule has 1 N–H and O–H groups in total. The molecule has 0 fully saturated rings. The topological polar surface area (TPSA) is 49.4 Å². The molecule has 0 spiro atoms. The minimum absolute atomic E-state index is 0.0297. The fourth-order valence-corrected chi connectivity index (χ4v) is 5.04. The van der Waals surface area contributed by atoms with E-state index in [2.05, 4.69) is 12.2 Å². The molecule has 1 aromatic rings. The molecule has 0 amide bonds. The molecule has 0 aliphatic heterocycles. The second-order valence-electron chi connectivity index (χ2n) is 4.82. The van der Waals surface area contributed by atoms with Crippen LogP contribution in [0.5, 0.6) is 0 Å². The van der Waals surface area contributed by atoms with E-state index in [1.54, 1.807) is 13.1 Å². The summed E-state index contributed by atoms with van der Waals surface area (Å²) in [5, 5.41) is 3.05. The van der Waals surface area contributed by atoms with Crippen molar-refractivity contribution in [1.82, 2.24) is 9.62 Å². The van der Waals surface area contributed by atoms with Crippen LogP contribution < -0.4 is 5.32 Å². The van der Waals surface area contributed by atoms with Crippen molar-refractivity contribution < 1.29 is 8.42 Å². The summed E-state index contributed by atoms with van der Waals surface area (Å²) >= 11 is 1.54. The molecule has 1 atom stereocenters. The smallest absolute Gasteiger partial charge is 0.244 e. The SMILES string of the molecule is CCCC(C)N(C)S(=O)(=O)c1cc(CNC)sc1C. The van der Waals surface area contributed by atoms with E-state index in [9.17, 15) is 8.42 Å². The van der Waals surface area contributed by atoms with Gasteiger partial charge in [0.2, 0.25) is 10.0 Å². The Labute approximate surface area is 120 Å².